The fourth-order valence-electron chi connectivity index (χ4n) is 3.12. The molecule has 0 bridgehead atoms. The summed E-state index contributed by atoms with van der Waals surface area (Å²) in [6, 6.07) is -1.32. The Morgan fingerprint density at radius 3 is 2.54 bits per heavy atom. The van der Waals surface area contributed by atoms with Gasteiger partial charge in [-0.15, -0.1) is 0 Å². The molecule has 2 aliphatic heterocycles. The zero-order valence-corrected chi connectivity index (χ0v) is 17.5. The average Bonchev–Trinajstić information content (AvgIpc) is 2.60. The lowest BCUT2D eigenvalue weighted by atomic mass is 10.0. The second kappa shape index (κ2) is 9.03. The molecule has 0 spiro atoms. The van der Waals surface area contributed by atoms with Crippen LogP contribution in [0.2, 0.25) is 0 Å². The Morgan fingerprint density at radius 2 is 1.96 bits per heavy atom. The van der Waals surface area contributed by atoms with Crippen LogP contribution >= 0.6 is 15.9 Å². The van der Waals surface area contributed by atoms with Crippen molar-refractivity contribution >= 4 is 49.5 Å². The molecule has 12 heteroatoms. The standard InChI is InChI=1S/C16H21BrN2O8S/c1-9(20)27-7-10-8-28(25,26)15-12(14(22)19(15)13(10)16(23)24)18-11(21)5-3-2-4-6-17/h12,15H,2-8H2,1H3,(H,18,21)(H,23,24)/t12-,15-/m1/s1. The van der Waals surface area contributed by atoms with Gasteiger partial charge in [-0.25, -0.2) is 13.2 Å². The van der Waals surface area contributed by atoms with Gasteiger partial charge in [0.05, 0.1) is 5.75 Å². The molecule has 0 unspecified atom stereocenters. The van der Waals surface area contributed by atoms with E-state index in [0.717, 1.165) is 25.1 Å². The van der Waals surface area contributed by atoms with Gasteiger partial charge in [0.25, 0.3) is 5.91 Å². The summed E-state index contributed by atoms with van der Waals surface area (Å²) in [5, 5.41) is 11.2. The van der Waals surface area contributed by atoms with E-state index >= 15 is 0 Å². The Kier molecular flexibility index (Phi) is 7.21. The Balaban J connectivity index is 2.18. The zero-order valence-electron chi connectivity index (χ0n) is 15.1. The summed E-state index contributed by atoms with van der Waals surface area (Å²) in [6.45, 7) is 0.552. The molecule has 10 nitrogen and oxygen atoms in total. The third-order valence-electron chi connectivity index (χ3n) is 4.37. The minimum atomic E-state index is -3.97. The SMILES string of the molecule is CC(=O)OCC1=C(C(=O)O)N2C(=O)[C@@H](NC(=O)CCCCCBr)[C@H]2S(=O)(=O)C1. The molecular weight excluding hydrogens is 460 g/mol. The summed E-state index contributed by atoms with van der Waals surface area (Å²) in [5.74, 6) is -4.17. The molecule has 0 aliphatic carbocycles. The number of carbonyl (C=O) groups excluding carboxylic acids is 3. The summed E-state index contributed by atoms with van der Waals surface area (Å²) in [6.07, 6.45) is 2.42. The van der Waals surface area contributed by atoms with Crippen LogP contribution in [-0.2, 0) is 33.8 Å². The van der Waals surface area contributed by atoms with Crippen LogP contribution in [0.1, 0.15) is 32.6 Å². The summed E-state index contributed by atoms with van der Waals surface area (Å²) in [4.78, 5) is 47.7. The van der Waals surface area contributed by atoms with Gasteiger partial charge in [0.1, 0.15) is 18.3 Å². The monoisotopic (exact) mass is 480 g/mol. The van der Waals surface area contributed by atoms with Crippen molar-refractivity contribution in [3.05, 3.63) is 11.3 Å². The quantitative estimate of drug-likeness (QED) is 0.201. The van der Waals surface area contributed by atoms with Crippen LogP contribution < -0.4 is 5.32 Å². The first-order chi connectivity index (χ1) is 13.1. The van der Waals surface area contributed by atoms with Crippen molar-refractivity contribution < 1.29 is 37.4 Å². The number of aliphatic carboxylic acids is 1. The van der Waals surface area contributed by atoms with Gasteiger partial charge < -0.3 is 15.2 Å². The molecular formula is C16H21BrN2O8S. The minimum absolute atomic E-state index is 0.142. The van der Waals surface area contributed by atoms with Crippen molar-refractivity contribution in [3.8, 4) is 0 Å². The van der Waals surface area contributed by atoms with E-state index in [0.29, 0.717) is 11.3 Å². The number of halogens is 1. The van der Waals surface area contributed by atoms with Crippen LogP contribution in [0.4, 0.5) is 0 Å². The number of ether oxygens (including phenoxy) is 1. The van der Waals surface area contributed by atoms with E-state index in [-0.39, 0.29) is 12.0 Å². The molecule has 0 radical (unpaired) electrons. The number of unbranched alkanes of at least 4 members (excludes halogenated alkanes) is 2. The summed E-state index contributed by atoms with van der Waals surface area (Å²) < 4.78 is 29.9. The molecule has 0 aromatic heterocycles. The van der Waals surface area contributed by atoms with E-state index in [1.807, 2.05) is 0 Å². The lowest BCUT2D eigenvalue weighted by Crippen LogP contribution is -2.74. The van der Waals surface area contributed by atoms with Gasteiger partial charge in [0.2, 0.25) is 5.91 Å². The zero-order chi connectivity index (χ0) is 21.1. The Bertz CT molecular complexity index is 823. The van der Waals surface area contributed by atoms with Crippen molar-refractivity contribution in [2.45, 2.75) is 44.0 Å². The van der Waals surface area contributed by atoms with Crippen LogP contribution in [0, 0.1) is 0 Å². The molecule has 2 heterocycles. The number of nitrogens with zero attached hydrogens (tertiary/aromatic N) is 1. The number of rotatable bonds is 9. The molecule has 28 heavy (non-hydrogen) atoms. The molecule has 2 atom stereocenters. The maximum Gasteiger partial charge on any atom is 0.352 e. The van der Waals surface area contributed by atoms with Crippen molar-refractivity contribution in [2.75, 3.05) is 17.7 Å². The predicted octanol–water partition coefficient (Wildman–Crippen LogP) is -0.0750. The van der Waals surface area contributed by atoms with E-state index < -0.39 is 63.1 Å². The first kappa shape index (κ1) is 22.3. The molecule has 2 amide bonds. The molecule has 1 saturated heterocycles. The number of fused-ring (bicyclic) bond motifs is 1. The maximum absolute atomic E-state index is 12.6. The highest BCUT2D eigenvalue weighted by Gasteiger charge is 2.60. The number of carbonyl (C=O) groups is 4. The molecule has 156 valence electrons. The molecule has 2 N–H and O–H groups in total. The number of nitrogens with one attached hydrogen (secondary N) is 1. The molecule has 2 aliphatic rings. The minimum Gasteiger partial charge on any atom is -0.477 e. The van der Waals surface area contributed by atoms with Gasteiger partial charge in [0.15, 0.2) is 15.2 Å². The Labute approximate surface area is 170 Å². The van der Waals surface area contributed by atoms with Gasteiger partial charge in [-0.1, -0.05) is 22.4 Å². The summed E-state index contributed by atoms with van der Waals surface area (Å²) in [7, 11) is -3.97. The normalized spacial score (nSPS) is 22.9. The molecule has 1 fully saturated rings. The molecule has 0 aromatic carbocycles. The Morgan fingerprint density at radius 1 is 1.29 bits per heavy atom. The molecule has 2 rings (SSSR count). The number of carboxylic acids is 1. The van der Waals surface area contributed by atoms with E-state index in [9.17, 15) is 32.7 Å². The first-order valence-corrected chi connectivity index (χ1v) is 11.4. The lowest BCUT2D eigenvalue weighted by Gasteiger charge is -2.48. The summed E-state index contributed by atoms with van der Waals surface area (Å²) in [5.41, 5.74) is -0.708. The van der Waals surface area contributed by atoms with Crippen molar-refractivity contribution in [3.63, 3.8) is 0 Å². The number of amides is 2. The van der Waals surface area contributed by atoms with Crippen LogP contribution in [0.15, 0.2) is 11.3 Å². The highest BCUT2D eigenvalue weighted by molar-refractivity contribution is 9.09. The largest absolute Gasteiger partial charge is 0.477 e. The van der Waals surface area contributed by atoms with Crippen LogP contribution in [0.5, 0.6) is 0 Å². The van der Waals surface area contributed by atoms with Crippen LogP contribution in [-0.4, -0.2) is 71.3 Å². The van der Waals surface area contributed by atoms with E-state index in [2.05, 4.69) is 21.2 Å². The molecule has 0 aromatic rings. The number of alkyl halides is 1. The van der Waals surface area contributed by atoms with Crippen molar-refractivity contribution in [1.29, 1.82) is 0 Å². The van der Waals surface area contributed by atoms with E-state index in [1.54, 1.807) is 0 Å². The number of sulfone groups is 1. The highest BCUT2D eigenvalue weighted by atomic mass is 79.9. The lowest BCUT2D eigenvalue weighted by molar-refractivity contribution is -0.151. The summed E-state index contributed by atoms with van der Waals surface area (Å²) >= 11 is 3.28. The number of β-lactam (4-membered cyclic amide) rings is 1. The first-order valence-electron chi connectivity index (χ1n) is 8.58. The van der Waals surface area contributed by atoms with Crippen molar-refractivity contribution in [1.82, 2.24) is 10.2 Å². The van der Waals surface area contributed by atoms with Crippen molar-refractivity contribution in [2.24, 2.45) is 0 Å². The smallest absolute Gasteiger partial charge is 0.352 e. The fraction of sp³-hybridized carbons (Fsp3) is 0.625. The highest BCUT2D eigenvalue weighted by Crippen LogP contribution is 2.36. The molecule has 0 saturated carbocycles. The third-order valence-corrected chi connectivity index (χ3v) is 6.90. The second-order valence-corrected chi connectivity index (χ2v) is 9.38. The number of esters is 1. The van der Waals surface area contributed by atoms with Crippen LogP contribution in [0.25, 0.3) is 0 Å². The fourth-order valence-corrected chi connectivity index (χ4v) is 5.53. The average molecular weight is 481 g/mol. The maximum atomic E-state index is 12.6. The van der Waals surface area contributed by atoms with E-state index in [4.69, 9.17) is 4.74 Å². The third kappa shape index (κ3) is 4.72. The number of hydrogen-bond acceptors (Lipinski definition) is 7. The van der Waals surface area contributed by atoms with Gasteiger partial charge >= 0.3 is 11.9 Å². The van der Waals surface area contributed by atoms with Crippen LogP contribution in [0.3, 0.4) is 0 Å². The second-order valence-electron chi connectivity index (χ2n) is 6.49. The van der Waals surface area contributed by atoms with E-state index in [1.165, 1.54) is 0 Å². The van der Waals surface area contributed by atoms with Gasteiger partial charge in [-0.3, -0.25) is 19.3 Å². The Hall–Kier alpha value is -1.95. The number of carboxylic acid groups (broad SMARTS) is 1. The van der Waals surface area contributed by atoms with Gasteiger partial charge in [0, 0.05) is 24.2 Å². The topological polar surface area (TPSA) is 147 Å². The van der Waals surface area contributed by atoms with Gasteiger partial charge in [-0.2, -0.15) is 0 Å². The number of hydrogen-bond donors (Lipinski definition) is 2. The predicted molar refractivity (Wildman–Crippen MR) is 99.9 cm³/mol. The van der Waals surface area contributed by atoms with Gasteiger partial charge in [-0.05, 0) is 12.8 Å².